The molecule has 0 aliphatic rings. The summed E-state index contributed by atoms with van der Waals surface area (Å²) in [6.45, 7) is 4.88. The molecule has 0 aliphatic carbocycles. The Bertz CT molecular complexity index is 128. The van der Waals surface area contributed by atoms with Crippen LogP contribution in [-0.2, 0) is 10.8 Å². The third-order valence-corrected chi connectivity index (χ3v) is 4.02. The predicted molar refractivity (Wildman–Crippen MR) is 55.7 cm³/mol. The van der Waals surface area contributed by atoms with Crippen molar-refractivity contribution in [3.05, 3.63) is 0 Å². The zero-order valence-electron chi connectivity index (χ0n) is 8.21. The molecule has 0 amide bonds. The molecule has 74 valence electrons. The van der Waals surface area contributed by atoms with Crippen LogP contribution in [0.2, 0.25) is 0 Å². The second kappa shape index (κ2) is 7.74. The Hall–Kier alpha value is 0.110. The van der Waals surface area contributed by atoms with Crippen LogP contribution in [0, 0.1) is 0 Å². The van der Waals surface area contributed by atoms with E-state index in [1.807, 2.05) is 0 Å². The summed E-state index contributed by atoms with van der Waals surface area (Å²) in [5, 5.41) is 0.335. The molecule has 0 spiro atoms. The molecule has 0 bridgehead atoms. The minimum absolute atomic E-state index is 0.335. The van der Waals surface area contributed by atoms with Crippen LogP contribution < -0.4 is 5.73 Å². The van der Waals surface area contributed by atoms with Gasteiger partial charge in [-0.05, 0) is 25.8 Å². The summed E-state index contributed by atoms with van der Waals surface area (Å²) < 4.78 is 11.6. The van der Waals surface area contributed by atoms with Gasteiger partial charge < -0.3 is 5.73 Å². The second-order valence-electron chi connectivity index (χ2n) is 3.05. The largest absolute Gasteiger partial charge is 0.330 e. The highest BCUT2D eigenvalue weighted by Gasteiger charge is 2.12. The molecule has 0 aliphatic heterocycles. The molecule has 0 radical (unpaired) electrons. The van der Waals surface area contributed by atoms with Crippen molar-refractivity contribution in [2.45, 2.75) is 44.8 Å². The van der Waals surface area contributed by atoms with Crippen molar-refractivity contribution >= 4 is 10.8 Å². The maximum absolute atomic E-state index is 11.6. The lowest BCUT2D eigenvalue weighted by atomic mass is 10.2. The molecular formula is C9H21NOS. The lowest BCUT2D eigenvalue weighted by Gasteiger charge is -2.12. The first kappa shape index (κ1) is 12.1. The van der Waals surface area contributed by atoms with Gasteiger partial charge in [-0.3, -0.25) is 4.21 Å². The van der Waals surface area contributed by atoms with E-state index < -0.39 is 10.8 Å². The Balaban J connectivity index is 3.69. The number of unbranched alkanes of at least 4 members (excludes halogenated alkanes) is 1. The molecule has 12 heavy (non-hydrogen) atoms. The van der Waals surface area contributed by atoms with E-state index in [1.165, 1.54) is 0 Å². The average molecular weight is 191 g/mol. The van der Waals surface area contributed by atoms with Gasteiger partial charge in [0, 0.05) is 21.8 Å². The van der Waals surface area contributed by atoms with Gasteiger partial charge in [-0.15, -0.1) is 0 Å². The van der Waals surface area contributed by atoms with Crippen molar-refractivity contribution < 1.29 is 4.21 Å². The van der Waals surface area contributed by atoms with Crippen LogP contribution in [0.3, 0.4) is 0 Å². The fraction of sp³-hybridized carbons (Fsp3) is 1.00. The third-order valence-electron chi connectivity index (χ3n) is 2.01. The van der Waals surface area contributed by atoms with E-state index in [0.29, 0.717) is 11.8 Å². The van der Waals surface area contributed by atoms with E-state index in [9.17, 15) is 4.21 Å². The number of nitrogens with two attached hydrogens (primary N) is 1. The molecule has 0 aromatic heterocycles. The highest BCUT2D eigenvalue weighted by atomic mass is 32.2. The molecule has 3 heteroatoms. The summed E-state index contributed by atoms with van der Waals surface area (Å²) in [5.41, 5.74) is 5.44. The van der Waals surface area contributed by atoms with Crippen molar-refractivity contribution in [1.29, 1.82) is 0 Å². The third kappa shape index (κ3) is 4.88. The van der Waals surface area contributed by atoms with E-state index in [0.717, 1.165) is 31.4 Å². The van der Waals surface area contributed by atoms with Gasteiger partial charge in [-0.1, -0.05) is 20.3 Å². The van der Waals surface area contributed by atoms with Gasteiger partial charge >= 0.3 is 0 Å². The average Bonchev–Trinajstić information content (AvgIpc) is 2.10. The molecular weight excluding hydrogens is 170 g/mol. The predicted octanol–water partition coefficient (Wildman–Crippen LogP) is 1.66. The number of rotatable bonds is 7. The van der Waals surface area contributed by atoms with Crippen LogP contribution in [0.25, 0.3) is 0 Å². The number of hydrogen-bond acceptors (Lipinski definition) is 2. The van der Waals surface area contributed by atoms with Gasteiger partial charge in [0.05, 0.1) is 0 Å². The van der Waals surface area contributed by atoms with Gasteiger partial charge in [0.1, 0.15) is 0 Å². The lowest BCUT2D eigenvalue weighted by molar-refractivity contribution is 0.647. The van der Waals surface area contributed by atoms with Gasteiger partial charge in [0.2, 0.25) is 0 Å². The van der Waals surface area contributed by atoms with Crippen LogP contribution in [0.15, 0.2) is 0 Å². The van der Waals surface area contributed by atoms with Crippen molar-refractivity contribution in [3.63, 3.8) is 0 Å². The van der Waals surface area contributed by atoms with E-state index in [4.69, 9.17) is 5.73 Å². The van der Waals surface area contributed by atoms with Crippen molar-refractivity contribution in [2.75, 3.05) is 12.3 Å². The first-order chi connectivity index (χ1) is 5.76. The summed E-state index contributed by atoms with van der Waals surface area (Å²) in [4.78, 5) is 0. The molecule has 0 saturated carbocycles. The Morgan fingerprint density at radius 2 is 2.08 bits per heavy atom. The molecule has 2 unspecified atom stereocenters. The normalized spacial score (nSPS) is 15.9. The van der Waals surface area contributed by atoms with Gasteiger partial charge in [0.25, 0.3) is 0 Å². The van der Waals surface area contributed by atoms with Gasteiger partial charge in [-0.2, -0.15) is 0 Å². The van der Waals surface area contributed by atoms with Crippen LogP contribution in [-0.4, -0.2) is 21.8 Å². The van der Waals surface area contributed by atoms with Crippen molar-refractivity contribution in [3.8, 4) is 0 Å². The van der Waals surface area contributed by atoms with Crippen molar-refractivity contribution in [2.24, 2.45) is 5.73 Å². The van der Waals surface area contributed by atoms with E-state index in [1.54, 1.807) is 0 Å². The zero-order valence-corrected chi connectivity index (χ0v) is 9.03. The Morgan fingerprint density at radius 3 is 2.50 bits per heavy atom. The summed E-state index contributed by atoms with van der Waals surface area (Å²) >= 11 is 0. The first-order valence-electron chi connectivity index (χ1n) is 4.83. The number of hydrogen-bond donors (Lipinski definition) is 1. The topological polar surface area (TPSA) is 43.1 Å². The minimum atomic E-state index is -0.638. The molecule has 0 saturated heterocycles. The van der Waals surface area contributed by atoms with Gasteiger partial charge in [0.15, 0.2) is 0 Å². The molecule has 0 aromatic rings. The Labute approximate surface area is 78.4 Å². The summed E-state index contributed by atoms with van der Waals surface area (Å²) in [6, 6.07) is 0. The van der Waals surface area contributed by atoms with Crippen LogP contribution >= 0.6 is 0 Å². The molecule has 0 rings (SSSR count). The maximum atomic E-state index is 11.6. The standard InChI is InChI=1S/C9H21NOS/c1-3-5-8-12(11)9(4-2)6-7-10/h9H,3-8,10H2,1-2H3. The maximum Gasteiger partial charge on any atom is 0.0357 e. The summed E-state index contributed by atoms with van der Waals surface area (Å²) in [7, 11) is -0.638. The lowest BCUT2D eigenvalue weighted by Crippen LogP contribution is -2.20. The Morgan fingerprint density at radius 1 is 1.42 bits per heavy atom. The first-order valence-corrected chi connectivity index (χ1v) is 6.21. The molecule has 0 fully saturated rings. The monoisotopic (exact) mass is 191 g/mol. The molecule has 2 N–H and O–H groups in total. The molecule has 0 heterocycles. The Kier molecular flexibility index (Phi) is 7.81. The van der Waals surface area contributed by atoms with E-state index in [2.05, 4.69) is 13.8 Å². The van der Waals surface area contributed by atoms with E-state index in [-0.39, 0.29) is 0 Å². The van der Waals surface area contributed by atoms with Crippen LogP contribution in [0.5, 0.6) is 0 Å². The molecule has 2 atom stereocenters. The highest BCUT2D eigenvalue weighted by Crippen LogP contribution is 2.07. The fourth-order valence-electron chi connectivity index (χ4n) is 1.16. The van der Waals surface area contributed by atoms with Crippen molar-refractivity contribution in [1.82, 2.24) is 0 Å². The highest BCUT2D eigenvalue weighted by molar-refractivity contribution is 7.85. The molecule has 2 nitrogen and oxygen atoms in total. The zero-order chi connectivity index (χ0) is 9.40. The summed E-state index contributed by atoms with van der Waals surface area (Å²) in [5.74, 6) is 0.856. The summed E-state index contributed by atoms with van der Waals surface area (Å²) in [6.07, 6.45) is 4.11. The SMILES string of the molecule is CCCCS(=O)C(CC)CCN. The molecule has 0 aromatic carbocycles. The van der Waals surface area contributed by atoms with Crippen LogP contribution in [0.4, 0.5) is 0 Å². The minimum Gasteiger partial charge on any atom is -0.330 e. The van der Waals surface area contributed by atoms with E-state index >= 15 is 0 Å². The van der Waals surface area contributed by atoms with Crippen LogP contribution in [0.1, 0.15) is 39.5 Å². The second-order valence-corrected chi connectivity index (χ2v) is 4.88. The smallest absolute Gasteiger partial charge is 0.0357 e. The quantitative estimate of drug-likeness (QED) is 0.665. The fourth-order valence-corrected chi connectivity index (χ4v) is 2.84. The van der Waals surface area contributed by atoms with Gasteiger partial charge in [-0.25, -0.2) is 0 Å².